The summed E-state index contributed by atoms with van der Waals surface area (Å²) in [5, 5.41) is 9.22. The summed E-state index contributed by atoms with van der Waals surface area (Å²) in [5.74, 6) is 2.05. The van der Waals surface area contributed by atoms with Gasteiger partial charge in [-0.3, -0.25) is 9.80 Å². The molecule has 0 aliphatic carbocycles. The molecule has 2 aromatic carbocycles. The van der Waals surface area contributed by atoms with Crippen molar-refractivity contribution in [3.63, 3.8) is 0 Å². The monoisotopic (exact) mass is 523 g/mol. The average Bonchev–Trinajstić information content (AvgIpc) is 3.19. The van der Waals surface area contributed by atoms with Crippen LogP contribution in [0.3, 0.4) is 0 Å². The number of methoxy groups -OCH3 is 3. The maximum Gasteiger partial charge on any atom is 0.164 e. The molecule has 4 rings (SSSR count). The summed E-state index contributed by atoms with van der Waals surface area (Å²) in [6.45, 7) is 6.37. The number of hydrogen-bond donors (Lipinski definition) is 0. The lowest BCUT2D eigenvalue weighted by molar-refractivity contribution is 0.0256. The number of benzene rings is 2. The van der Waals surface area contributed by atoms with Crippen LogP contribution in [0.4, 0.5) is 0 Å². The van der Waals surface area contributed by atoms with Gasteiger partial charge in [0.05, 0.1) is 45.7 Å². The van der Waals surface area contributed by atoms with Crippen molar-refractivity contribution in [3.05, 3.63) is 53.6 Å². The van der Waals surface area contributed by atoms with E-state index in [1.165, 1.54) is 12.8 Å². The van der Waals surface area contributed by atoms with Gasteiger partial charge < -0.3 is 23.7 Å². The molecule has 0 aromatic heterocycles. The molecule has 2 aliphatic rings. The van der Waals surface area contributed by atoms with Gasteiger partial charge in [0.15, 0.2) is 11.5 Å². The molecule has 2 saturated heterocycles. The van der Waals surface area contributed by atoms with Gasteiger partial charge in [-0.1, -0.05) is 12.1 Å². The third-order valence-electron chi connectivity index (χ3n) is 7.62. The molecule has 2 aromatic rings. The summed E-state index contributed by atoms with van der Waals surface area (Å²) in [5.41, 5.74) is 1.72. The van der Waals surface area contributed by atoms with E-state index in [0.717, 1.165) is 56.9 Å². The molecule has 2 heterocycles. The fraction of sp³-hybridized carbons (Fsp3) is 0.567. The molecular formula is C30H41N3O5. The smallest absolute Gasteiger partial charge is 0.164 e. The van der Waals surface area contributed by atoms with Crippen molar-refractivity contribution in [3.8, 4) is 23.3 Å². The Hall–Kier alpha value is -2.83. The van der Waals surface area contributed by atoms with Crippen LogP contribution in [0.2, 0.25) is 0 Å². The van der Waals surface area contributed by atoms with Gasteiger partial charge in [0, 0.05) is 44.9 Å². The first-order valence-electron chi connectivity index (χ1n) is 13.6. The molecule has 38 heavy (non-hydrogen) atoms. The van der Waals surface area contributed by atoms with Crippen LogP contribution < -0.4 is 14.2 Å². The molecule has 3 atom stereocenters. The van der Waals surface area contributed by atoms with Gasteiger partial charge in [0.2, 0.25) is 0 Å². The minimum Gasteiger partial charge on any atom is -0.493 e. The van der Waals surface area contributed by atoms with Crippen LogP contribution in [0, 0.1) is 11.3 Å². The van der Waals surface area contributed by atoms with Gasteiger partial charge in [0.25, 0.3) is 0 Å². The number of likely N-dealkylation sites (tertiary alicyclic amines) is 1. The van der Waals surface area contributed by atoms with Gasteiger partial charge in [-0.15, -0.1) is 0 Å². The Morgan fingerprint density at radius 1 is 0.895 bits per heavy atom. The van der Waals surface area contributed by atoms with E-state index in [2.05, 4.69) is 15.9 Å². The van der Waals surface area contributed by atoms with Crippen molar-refractivity contribution in [1.29, 1.82) is 5.26 Å². The molecule has 0 saturated carbocycles. The van der Waals surface area contributed by atoms with Gasteiger partial charge in [0.1, 0.15) is 11.9 Å². The van der Waals surface area contributed by atoms with E-state index in [1.54, 1.807) is 21.3 Å². The predicted molar refractivity (Wildman–Crippen MR) is 146 cm³/mol. The van der Waals surface area contributed by atoms with Gasteiger partial charge in [-0.2, -0.15) is 5.26 Å². The van der Waals surface area contributed by atoms with E-state index in [4.69, 9.17) is 23.7 Å². The van der Waals surface area contributed by atoms with E-state index in [1.807, 2.05) is 42.5 Å². The minimum absolute atomic E-state index is 0.121. The van der Waals surface area contributed by atoms with Crippen LogP contribution in [0.15, 0.2) is 42.5 Å². The highest BCUT2D eigenvalue weighted by Gasteiger charge is 2.39. The highest BCUT2D eigenvalue weighted by atomic mass is 16.5. The van der Waals surface area contributed by atoms with E-state index in [-0.39, 0.29) is 6.10 Å². The quantitative estimate of drug-likeness (QED) is 0.320. The second-order valence-corrected chi connectivity index (χ2v) is 9.99. The summed E-state index contributed by atoms with van der Waals surface area (Å²) in [7, 11) is 4.96. The Morgan fingerprint density at radius 2 is 1.63 bits per heavy atom. The lowest BCUT2D eigenvalue weighted by Gasteiger charge is -2.41. The topological polar surface area (TPSA) is 76.4 Å². The standard InChI is InChI=1S/C30H41N3O5/c1-34-17-18-37-16-15-32-21-25-10-11-26(22-32)33(25)14-4-5-28(24-8-6-23(20-31)7-9-24)38-27-12-13-29(35-2)30(19-27)36-3/h6-9,12-13,19,25-26,28H,4-5,10-11,14-18,21-22H2,1-3H3. The first kappa shape index (κ1) is 28.2. The fourth-order valence-corrected chi connectivity index (χ4v) is 5.64. The van der Waals surface area contributed by atoms with E-state index in [9.17, 15) is 5.26 Å². The Balaban J connectivity index is 1.34. The molecule has 3 unspecified atom stereocenters. The third kappa shape index (κ3) is 7.39. The molecule has 2 aliphatic heterocycles. The second-order valence-electron chi connectivity index (χ2n) is 9.99. The largest absolute Gasteiger partial charge is 0.493 e. The number of fused-ring (bicyclic) bond motifs is 2. The molecular weight excluding hydrogens is 482 g/mol. The second kappa shape index (κ2) is 14.4. The first-order valence-corrected chi connectivity index (χ1v) is 13.6. The van der Waals surface area contributed by atoms with Gasteiger partial charge >= 0.3 is 0 Å². The van der Waals surface area contributed by atoms with Crippen LogP contribution in [0.5, 0.6) is 17.2 Å². The summed E-state index contributed by atoms with van der Waals surface area (Å²) in [4.78, 5) is 5.28. The Bertz CT molecular complexity index is 1030. The summed E-state index contributed by atoms with van der Waals surface area (Å²) < 4.78 is 28.1. The number of nitrogens with zero attached hydrogens (tertiary/aromatic N) is 3. The van der Waals surface area contributed by atoms with Crippen molar-refractivity contribution in [1.82, 2.24) is 9.80 Å². The maximum atomic E-state index is 9.22. The predicted octanol–water partition coefficient (Wildman–Crippen LogP) is 4.29. The lowest BCUT2D eigenvalue weighted by Crippen LogP contribution is -2.54. The molecule has 0 N–H and O–H groups in total. The molecule has 206 valence electrons. The summed E-state index contributed by atoms with van der Waals surface area (Å²) >= 11 is 0. The number of hydrogen-bond acceptors (Lipinski definition) is 8. The zero-order valence-corrected chi connectivity index (χ0v) is 22.9. The molecule has 0 spiro atoms. The highest BCUT2D eigenvalue weighted by Crippen LogP contribution is 2.35. The number of piperazine rings is 1. The number of rotatable bonds is 15. The zero-order chi connectivity index (χ0) is 26.7. The van der Waals surface area contributed by atoms with E-state index < -0.39 is 0 Å². The molecule has 0 radical (unpaired) electrons. The minimum atomic E-state index is -0.121. The molecule has 8 heteroatoms. The van der Waals surface area contributed by atoms with Crippen molar-refractivity contribution >= 4 is 0 Å². The summed E-state index contributed by atoms with van der Waals surface area (Å²) in [6, 6.07) is 16.8. The Kier molecular flexibility index (Phi) is 10.6. The Morgan fingerprint density at radius 3 is 2.29 bits per heavy atom. The fourth-order valence-electron chi connectivity index (χ4n) is 5.64. The van der Waals surface area contributed by atoms with Gasteiger partial charge in [-0.05, 0) is 62.1 Å². The van der Waals surface area contributed by atoms with E-state index >= 15 is 0 Å². The van der Waals surface area contributed by atoms with Crippen LogP contribution in [-0.4, -0.2) is 89.2 Å². The molecule has 8 nitrogen and oxygen atoms in total. The highest BCUT2D eigenvalue weighted by molar-refractivity contribution is 5.45. The summed E-state index contributed by atoms with van der Waals surface area (Å²) in [6.07, 6.45) is 4.34. The van der Waals surface area contributed by atoms with Crippen LogP contribution >= 0.6 is 0 Å². The molecule has 2 fully saturated rings. The average molecular weight is 524 g/mol. The lowest BCUT2D eigenvalue weighted by atomic mass is 10.0. The van der Waals surface area contributed by atoms with Crippen LogP contribution in [0.1, 0.15) is 42.9 Å². The SMILES string of the molecule is COCCOCCN1CC2CCC(C1)N2CCCC(Oc1ccc(OC)c(OC)c1)c1ccc(C#N)cc1. The zero-order valence-electron chi connectivity index (χ0n) is 22.9. The van der Waals surface area contributed by atoms with Crippen molar-refractivity contribution in [2.24, 2.45) is 0 Å². The maximum absolute atomic E-state index is 9.22. The van der Waals surface area contributed by atoms with Crippen molar-refractivity contribution in [2.45, 2.75) is 43.9 Å². The Labute approximate surface area is 227 Å². The van der Waals surface area contributed by atoms with Crippen LogP contribution in [-0.2, 0) is 9.47 Å². The normalized spacial score (nSPS) is 20.2. The number of ether oxygens (including phenoxy) is 5. The van der Waals surface area contributed by atoms with E-state index in [0.29, 0.717) is 42.4 Å². The van der Waals surface area contributed by atoms with Gasteiger partial charge in [-0.25, -0.2) is 0 Å². The van der Waals surface area contributed by atoms with Crippen LogP contribution in [0.25, 0.3) is 0 Å². The van der Waals surface area contributed by atoms with Crippen molar-refractivity contribution in [2.75, 3.05) is 67.3 Å². The number of nitriles is 1. The first-order chi connectivity index (χ1) is 18.6. The molecule has 0 amide bonds. The van der Waals surface area contributed by atoms with Crippen molar-refractivity contribution < 1.29 is 23.7 Å². The third-order valence-corrected chi connectivity index (χ3v) is 7.62. The molecule has 2 bridgehead atoms.